The Balaban J connectivity index is 5.14. The van der Waals surface area contributed by atoms with Gasteiger partial charge in [-0.15, -0.1) is 0 Å². The Labute approximate surface area is 638 Å². The quantitative estimate of drug-likeness (QED) is 0.0222. The summed E-state index contributed by atoms with van der Waals surface area (Å²) >= 11 is 0. The zero-order chi connectivity index (χ0) is 76.7. The van der Waals surface area contributed by atoms with Crippen molar-refractivity contribution in [1.29, 1.82) is 0 Å². The maximum atomic E-state index is 13.1. The maximum absolute atomic E-state index is 13.1. The Kier molecular flexibility index (Phi) is 72.5. The predicted molar refractivity (Wildman–Crippen MR) is 428 cm³/mol. The molecule has 0 amide bonds. The summed E-state index contributed by atoms with van der Waals surface area (Å²) in [6, 6.07) is 0. The van der Waals surface area contributed by atoms with Gasteiger partial charge in [0.1, 0.15) is 19.3 Å². The number of esters is 4. The second kappa shape index (κ2) is 73.8. The lowest BCUT2D eigenvalue weighted by Gasteiger charge is -2.21. The average Bonchev–Trinajstić information content (AvgIpc) is 0.906. The van der Waals surface area contributed by atoms with E-state index in [0.717, 1.165) is 114 Å². The zero-order valence-electron chi connectivity index (χ0n) is 68.7. The third-order valence-electron chi connectivity index (χ3n) is 19.8. The van der Waals surface area contributed by atoms with Crippen LogP contribution in [0.15, 0.2) is 0 Å². The van der Waals surface area contributed by atoms with Crippen LogP contribution in [0.3, 0.4) is 0 Å². The summed E-state index contributed by atoms with van der Waals surface area (Å²) in [7, 11) is -9.92. The lowest BCUT2D eigenvalue weighted by Crippen LogP contribution is -2.30. The fourth-order valence-corrected chi connectivity index (χ4v) is 14.7. The molecule has 0 fully saturated rings. The molecule has 0 saturated carbocycles. The van der Waals surface area contributed by atoms with Crippen LogP contribution >= 0.6 is 15.6 Å². The van der Waals surface area contributed by atoms with E-state index in [9.17, 15) is 43.2 Å². The molecule has 3 N–H and O–H groups in total. The topological polar surface area (TPSA) is 237 Å². The maximum Gasteiger partial charge on any atom is 0.472 e. The van der Waals surface area contributed by atoms with Gasteiger partial charge in [0.15, 0.2) is 12.2 Å². The van der Waals surface area contributed by atoms with Gasteiger partial charge in [0, 0.05) is 25.7 Å². The molecule has 3 unspecified atom stereocenters. The van der Waals surface area contributed by atoms with Crippen molar-refractivity contribution < 1.29 is 80.2 Å². The number of aliphatic hydroxyl groups excluding tert-OH is 1. The summed E-state index contributed by atoms with van der Waals surface area (Å²) in [6.07, 6.45) is 62.8. The highest BCUT2D eigenvalue weighted by Gasteiger charge is 2.30. The van der Waals surface area contributed by atoms with Gasteiger partial charge in [-0.05, 0) is 49.4 Å². The van der Waals surface area contributed by atoms with Gasteiger partial charge in [0.25, 0.3) is 0 Å². The van der Waals surface area contributed by atoms with E-state index < -0.39 is 97.5 Å². The Morgan fingerprint density at radius 3 is 0.596 bits per heavy atom. The molecule has 0 aromatic carbocycles. The van der Waals surface area contributed by atoms with E-state index in [-0.39, 0.29) is 25.7 Å². The molecular weight excluding hydrogens is 1350 g/mol. The van der Waals surface area contributed by atoms with Crippen molar-refractivity contribution in [1.82, 2.24) is 0 Å². The minimum absolute atomic E-state index is 0.106. The van der Waals surface area contributed by atoms with Crippen molar-refractivity contribution in [2.75, 3.05) is 39.6 Å². The van der Waals surface area contributed by atoms with Crippen molar-refractivity contribution in [3.8, 4) is 0 Å². The first-order valence-corrected chi connectivity index (χ1v) is 46.7. The minimum atomic E-state index is -4.96. The Morgan fingerprint density at radius 2 is 0.404 bits per heavy atom. The highest BCUT2D eigenvalue weighted by Crippen LogP contribution is 2.45. The van der Waals surface area contributed by atoms with Crippen LogP contribution < -0.4 is 0 Å². The molecule has 0 aliphatic rings. The van der Waals surface area contributed by atoms with Crippen LogP contribution in [-0.4, -0.2) is 96.7 Å². The smallest absolute Gasteiger partial charge is 0.462 e. The largest absolute Gasteiger partial charge is 0.472 e. The fourth-order valence-electron chi connectivity index (χ4n) is 13.1. The van der Waals surface area contributed by atoms with Crippen molar-refractivity contribution in [3.63, 3.8) is 0 Å². The number of carbonyl (C=O) groups excluding carboxylic acids is 4. The summed E-state index contributed by atoms with van der Waals surface area (Å²) in [4.78, 5) is 73.1. The number of unbranched alkanes of at least 4 members (excludes halogenated alkanes) is 48. The molecule has 0 heterocycles. The SMILES string of the molecule is CC(C)CCCCCCCCCCCCCCCCCCCCC(=O)OC[C@H](COP(=O)(O)OCC(O)COP(=O)(O)OC[C@@H](COC(=O)CCCCCCCCC(C)C)OC(=O)CCCCCCCCCCCCCCCCCCCCC(C)C)OC(=O)CCCCCCCCCCCCC(C)C. The van der Waals surface area contributed by atoms with Gasteiger partial charge in [0.05, 0.1) is 26.4 Å². The monoisotopic (exact) mass is 1520 g/mol. The van der Waals surface area contributed by atoms with Crippen molar-refractivity contribution in [2.45, 2.75) is 459 Å². The van der Waals surface area contributed by atoms with Crippen LogP contribution in [-0.2, 0) is 65.4 Å². The Hall–Kier alpha value is -1.94. The normalized spacial score (nSPS) is 14.0. The van der Waals surface area contributed by atoms with Crippen LogP contribution in [0.5, 0.6) is 0 Å². The van der Waals surface area contributed by atoms with Crippen LogP contribution in [0.4, 0.5) is 0 Å². The van der Waals surface area contributed by atoms with Gasteiger partial charge in [-0.1, -0.05) is 389 Å². The molecule has 0 spiro atoms. The number of phosphoric acid groups is 2. The van der Waals surface area contributed by atoms with Gasteiger partial charge < -0.3 is 33.8 Å². The molecule has 0 rings (SSSR count). The van der Waals surface area contributed by atoms with Crippen molar-refractivity contribution in [2.24, 2.45) is 23.7 Å². The molecule has 0 saturated heterocycles. The number of hydrogen-bond acceptors (Lipinski definition) is 15. The molecule has 17 nitrogen and oxygen atoms in total. The molecule has 5 atom stereocenters. The summed E-state index contributed by atoms with van der Waals surface area (Å²) < 4.78 is 68.8. The van der Waals surface area contributed by atoms with Gasteiger partial charge >= 0.3 is 39.5 Å². The van der Waals surface area contributed by atoms with Crippen LogP contribution in [0.25, 0.3) is 0 Å². The molecule has 0 radical (unpaired) electrons. The summed E-state index contributed by atoms with van der Waals surface area (Å²) in [5, 5.41) is 10.7. The molecule has 19 heteroatoms. The third-order valence-corrected chi connectivity index (χ3v) is 21.7. The van der Waals surface area contributed by atoms with Crippen LogP contribution in [0.1, 0.15) is 441 Å². The van der Waals surface area contributed by atoms with E-state index in [1.54, 1.807) is 0 Å². The number of rotatable bonds is 82. The van der Waals surface area contributed by atoms with E-state index >= 15 is 0 Å². The first-order valence-electron chi connectivity index (χ1n) is 43.7. The standard InChI is InChI=1S/C85H166O17P2/c1-75(2)61-53-45-37-31-25-21-17-13-9-11-15-19-23-27-34-40-49-57-65-82(87)95-71-80(101-85(90)68-60-52-42-36-30-29-33-39-47-55-63-77(5)6)73-99-103(91,92)97-69-79(86)70-98-104(93,94)100-74-81(72-96-83(88)66-58-50-44-43-48-56-64-78(7)8)102-84(89)67-59-51-41-35-28-24-20-16-12-10-14-18-22-26-32-38-46-54-62-76(3)4/h75-81,86H,9-74H2,1-8H3,(H,91,92)(H,93,94)/t79?,80-,81-/m1/s1. The molecule has 0 aromatic rings. The second-order valence-corrected chi connectivity index (χ2v) is 35.4. The molecule has 0 bridgehead atoms. The average molecular weight is 1520 g/mol. The number of hydrogen-bond donors (Lipinski definition) is 3. The molecule has 618 valence electrons. The van der Waals surface area contributed by atoms with Crippen LogP contribution in [0, 0.1) is 23.7 Å². The summed E-state index contributed by atoms with van der Waals surface area (Å²) in [5.41, 5.74) is 0. The zero-order valence-corrected chi connectivity index (χ0v) is 70.5. The highest BCUT2D eigenvalue weighted by atomic mass is 31.2. The lowest BCUT2D eigenvalue weighted by molar-refractivity contribution is -0.161. The van der Waals surface area contributed by atoms with E-state index in [2.05, 4.69) is 55.4 Å². The van der Waals surface area contributed by atoms with E-state index in [1.165, 1.54) is 238 Å². The highest BCUT2D eigenvalue weighted by molar-refractivity contribution is 7.47. The lowest BCUT2D eigenvalue weighted by atomic mass is 10.0. The van der Waals surface area contributed by atoms with Crippen molar-refractivity contribution >= 4 is 39.5 Å². The number of carbonyl (C=O) groups is 4. The third kappa shape index (κ3) is 78.2. The van der Waals surface area contributed by atoms with Gasteiger partial charge in [-0.3, -0.25) is 37.3 Å². The second-order valence-electron chi connectivity index (χ2n) is 32.5. The summed E-state index contributed by atoms with van der Waals surface area (Å²) in [5.74, 6) is 0.962. The minimum Gasteiger partial charge on any atom is -0.462 e. The van der Waals surface area contributed by atoms with E-state index in [0.29, 0.717) is 31.6 Å². The Bertz CT molecular complexity index is 2020. The van der Waals surface area contributed by atoms with Crippen molar-refractivity contribution in [3.05, 3.63) is 0 Å². The number of phosphoric ester groups is 2. The van der Waals surface area contributed by atoms with Crippen LogP contribution in [0.2, 0.25) is 0 Å². The van der Waals surface area contributed by atoms with Gasteiger partial charge in [-0.25, -0.2) is 9.13 Å². The predicted octanol–water partition coefficient (Wildman–Crippen LogP) is 25.6. The number of ether oxygens (including phenoxy) is 4. The van der Waals surface area contributed by atoms with E-state index in [1.807, 2.05) is 0 Å². The molecule has 104 heavy (non-hydrogen) atoms. The molecular formula is C85H166O17P2. The number of aliphatic hydroxyl groups is 1. The first-order chi connectivity index (χ1) is 50.1. The molecule has 0 aromatic heterocycles. The Morgan fingerprint density at radius 1 is 0.240 bits per heavy atom. The van der Waals surface area contributed by atoms with Gasteiger partial charge in [0.2, 0.25) is 0 Å². The molecule has 0 aliphatic heterocycles. The molecule has 0 aliphatic carbocycles. The fraction of sp³-hybridized carbons (Fsp3) is 0.953. The van der Waals surface area contributed by atoms with Gasteiger partial charge in [-0.2, -0.15) is 0 Å². The summed E-state index contributed by atoms with van der Waals surface area (Å²) in [6.45, 7) is 14.2. The van der Waals surface area contributed by atoms with E-state index in [4.69, 9.17) is 37.0 Å². The first kappa shape index (κ1) is 102.